The van der Waals surface area contributed by atoms with E-state index in [2.05, 4.69) is 42.1 Å². The first-order chi connectivity index (χ1) is 7.43. The average molecular weight is 206 g/mol. The molecule has 0 aliphatic heterocycles. The Morgan fingerprint density at radius 1 is 0.733 bits per heavy atom. The fraction of sp³-hybridized carbons (Fsp3) is 0.643. The van der Waals surface area contributed by atoms with E-state index in [1.807, 2.05) is 0 Å². The van der Waals surface area contributed by atoms with E-state index >= 15 is 0 Å². The zero-order chi connectivity index (χ0) is 10.8. The molecule has 1 heteroatoms. The summed E-state index contributed by atoms with van der Waals surface area (Å²) in [4.78, 5) is 0. The first kappa shape index (κ1) is 12.2. The molecule has 0 spiro atoms. The first-order valence-corrected chi connectivity index (χ1v) is 6.37. The highest BCUT2D eigenvalue weighted by atomic mass is 14.9. The molecule has 0 unspecified atom stereocenters. The fourth-order valence-electron chi connectivity index (χ4n) is 1.83. The van der Waals surface area contributed by atoms with Crippen LogP contribution in [0.5, 0.6) is 0 Å². The maximum absolute atomic E-state index is 2.27. The van der Waals surface area contributed by atoms with E-state index in [0.717, 1.165) is 0 Å². The normalized spacial score (nSPS) is 10.5. The topological polar surface area (TPSA) is 3.88 Å². The summed E-state index contributed by atoms with van der Waals surface area (Å²) in [5.74, 6) is 0. The van der Waals surface area contributed by atoms with Gasteiger partial charge in [0.1, 0.15) is 6.54 Å². The van der Waals surface area contributed by atoms with Crippen molar-refractivity contribution in [1.82, 2.24) is 0 Å². The van der Waals surface area contributed by atoms with Crippen LogP contribution in [0.4, 0.5) is 0 Å². The van der Waals surface area contributed by atoms with Gasteiger partial charge in [0.2, 0.25) is 0 Å². The molecular formula is C14H24N+. The van der Waals surface area contributed by atoms with Crippen LogP contribution in [0.3, 0.4) is 0 Å². The Bertz CT molecular complexity index is 230. The Kier molecular flexibility index (Phi) is 6.89. The summed E-state index contributed by atoms with van der Waals surface area (Å²) in [5, 5.41) is 0. The smallest absolute Gasteiger partial charge is 0.168 e. The largest absolute Gasteiger partial charge is 0.205 e. The third kappa shape index (κ3) is 6.27. The summed E-state index contributed by atoms with van der Waals surface area (Å²) >= 11 is 0. The molecule has 0 saturated heterocycles. The van der Waals surface area contributed by atoms with Crippen LogP contribution in [0.1, 0.15) is 51.9 Å². The monoisotopic (exact) mass is 206 g/mol. The van der Waals surface area contributed by atoms with Crippen LogP contribution in [0.15, 0.2) is 30.6 Å². The van der Waals surface area contributed by atoms with Crippen molar-refractivity contribution < 1.29 is 4.57 Å². The SMILES string of the molecule is CCCCCCCCC[n+]1ccccc1. The van der Waals surface area contributed by atoms with E-state index in [0.29, 0.717) is 0 Å². The van der Waals surface area contributed by atoms with Gasteiger partial charge in [-0.25, -0.2) is 4.57 Å². The highest BCUT2D eigenvalue weighted by molar-refractivity contribution is 4.83. The van der Waals surface area contributed by atoms with Crippen molar-refractivity contribution in [1.29, 1.82) is 0 Å². The van der Waals surface area contributed by atoms with Crippen molar-refractivity contribution in [3.63, 3.8) is 0 Å². The molecule has 0 aromatic carbocycles. The van der Waals surface area contributed by atoms with Crippen molar-refractivity contribution in [2.45, 2.75) is 58.4 Å². The highest BCUT2D eigenvalue weighted by Crippen LogP contribution is 2.06. The van der Waals surface area contributed by atoms with Crippen LogP contribution < -0.4 is 4.57 Å². The number of hydrogen-bond donors (Lipinski definition) is 0. The maximum atomic E-state index is 2.27. The van der Waals surface area contributed by atoms with E-state index in [1.165, 1.54) is 51.5 Å². The third-order valence-electron chi connectivity index (χ3n) is 2.80. The fourth-order valence-corrected chi connectivity index (χ4v) is 1.83. The van der Waals surface area contributed by atoms with Crippen LogP contribution in [0, 0.1) is 0 Å². The van der Waals surface area contributed by atoms with Gasteiger partial charge < -0.3 is 0 Å². The molecule has 0 atom stereocenters. The molecule has 1 nitrogen and oxygen atoms in total. The average Bonchev–Trinajstić information content (AvgIpc) is 2.29. The molecule has 0 radical (unpaired) electrons. The Morgan fingerprint density at radius 3 is 2.00 bits per heavy atom. The number of rotatable bonds is 8. The molecule has 0 bridgehead atoms. The van der Waals surface area contributed by atoms with Gasteiger partial charge in [-0.1, -0.05) is 45.1 Å². The van der Waals surface area contributed by atoms with E-state index in [9.17, 15) is 0 Å². The summed E-state index contributed by atoms with van der Waals surface area (Å²) < 4.78 is 2.27. The molecule has 15 heavy (non-hydrogen) atoms. The lowest BCUT2D eigenvalue weighted by Crippen LogP contribution is -2.32. The Morgan fingerprint density at radius 2 is 1.33 bits per heavy atom. The molecule has 84 valence electrons. The van der Waals surface area contributed by atoms with Gasteiger partial charge in [-0.2, -0.15) is 0 Å². The van der Waals surface area contributed by atoms with Crippen LogP contribution in [-0.2, 0) is 6.54 Å². The van der Waals surface area contributed by atoms with Crippen LogP contribution in [0.25, 0.3) is 0 Å². The second kappa shape index (κ2) is 8.46. The zero-order valence-corrected chi connectivity index (χ0v) is 9.99. The summed E-state index contributed by atoms with van der Waals surface area (Å²) in [7, 11) is 0. The van der Waals surface area contributed by atoms with Crippen LogP contribution >= 0.6 is 0 Å². The standard InChI is InChI=1S/C14H24N/c1-2-3-4-5-6-7-9-12-15-13-10-8-11-14-15/h8,10-11,13-14H,2-7,9,12H2,1H3/q+1. The Labute approximate surface area is 94.1 Å². The van der Waals surface area contributed by atoms with Gasteiger partial charge in [-0.15, -0.1) is 0 Å². The summed E-state index contributed by atoms with van der Waals surface area (Å²) in [6, 6.07) is 6.27. The predicted molar refractivity (Wildman–Crippen MR) is 64.6 cm³/mol. The minimum atomic E-state index is 1.18. The molecule has 1 aromatic rings. The molecule has 0 saturated carbocycles. The van der Waals surface area contributed by atoms with Gasteiger partial charge in [0.25, 0.3) is 0 Å². The number of hydrogen-bond acceptors (Lipinski definition) is 0. The molecule has 1 heterocycles. The van der Waals surface area contributed by atoms with E-state index in [-0.39, 0.29) is 0 Å². The maximum Gasteiger partial charge on any atom is 0.168 e. The summed E-state index contributed by atoms with van der Waals surface area (Å²) in [6.45, 7) is 3.45. The lowest BCUT2D eigenvalue weighted by atomic mass is 10.1. The quantitative estimate of drug-likeness (QED) is 0.451. The second-order valence-electron chi connectivity index (χ2n) is 4.23. The Balaban J connectivity index is 1.93. The van der Waals surface area contributed by atoms with Gasteiger partial charge in [0.05, 0.1) is 0 Å². The van der Waals surface area contributed by atoms with Crippen LogP contribution in [-0.4, -0.2) is 0 Å². The van der Waals surface area contributed by atoms with Gasteiger partial charge >= 0.3 is 0 Å². The van der Waals surface area contributed by atoms with Gasteiger partial charge in [-0.05, 0) is 6.42 Å². The van der Waals surface area contributed by atoms with Gasteiger partial charge in [0.15, 0.2) is 12.4 Å². The number of aryl methyl sites for hydroxylation is 1. The first-order valence-electron chi connectivity index (χ1n) is 6.37. The van der Waals surface area contributed by atoms with Crippen molar-refractivity contribution in [2.75, 3.05) is 0 Å². The highest BCUT2D eigenvalue weighted by Gasteiger charge is 1.97. The minimum Gasteiger partial charge on any atom is -0.205 e. The summed E-state index contributed by atoms with van der Waals surface area (Å²) in [5.41, 5.74) is 0. The number of pyridine rings is 1. The Hall–Kier alpha value is -0.850. The molecule has 0 aliphatic rings. The number of aromatic nitrogens is 1. The van der Waals surface area contributed by atoms with Crippen molar-refractivity contribution in [2.24, 2.45) is 0 Å². The zero-order valence-electron chi connectivity index (χ0n) is 9.99. The van der Waals surface area contributed by atoms with Crippen LogP contribution in [0.2, 0.25) is 0 Å². The molecule has 1 aromatic heterocycles. The van der Waals surface area contributed by atoms with Crippen molar-refractivity contribution in [3.05, 3.63) is 30.6 Å². The van der Waals surface area contributed by atoms with E-state index < -0.39 is 0 Å². The molecule has 0 fully saturated rings. The minimum absolute atomic E-state index is 1.18. The van der Waals surface area contributed by atoms with Crippen molar-refractivity contribution in [3.8, 4) is 0 Å². The van der Waals surface area contributed by atoms with Crippen molar-refractivity contribution >= 4 is 0 Å². The predicted octanol–water partition coefficient (Wildman–Crippen LogP) is 3.72. The van der Waals surface area contributed by atoms with E-state index in [1.54, 1.807) is 0 Å². The number of unbranched alkanes of at least 4 members (excludes halogenated alkanes) is 6. The lowest BCUT2D eigenvalue weighted by molar-refractivity contribution is -0.697. The molecular weight excluding hydrogens is 182 g/mol. The lowest BCUT2D eigenvalue weighted by Gasteiger charge is -1.99. The second-order valence-corrected chi connectivity index (χ2v) is 4.23. The molecule has 0 aliphatic carbocycles. The molecule has 1 rings (SSSR count). The third-order valence-corrected chi connectivity index (χ3v) is 2.80. The molecule has 0 N–H and O–H groups in total. The number of nitrogens with zero attached hydrogens (tertiary/aromatic N) is 1. The van der Waals surface area contributed by atoms with Gasteiger partial charge in [-0.3, -0.25) is 0 Å². The molecule has 0 amide bonds. The summed E-state index contributed by atoms with van der Waals surface area (Å²) in [6.07, 6.45) is 14.0. The van der Waals surface area contributed by atoms with E-state index in [4.69, 9.17) is 0 Å². The van der Waals surface area contributed by atoms with Gasteiger partial charge in [0, 0.05) is 18.6 Å².